The summed E-state index contributed by atoms with van der Waals surface area (Å²) < 4.78 is 68.6. The highest BCUT2D eigenvalue weighted by molar-refractivity contribution is 5.85. The number of aromatic nitrogens is 1. The van der Waals surface area contributed by atoms with Crippen LogP contribution < -0.4 is 10.1 Å². The third-order valence-electron chi connectivity index (χ3n) is 9.12. The molecule has 2 aliphatic heterocycles. The Labute approximate surface area is 260 Å². The minimum absolute atomic E-state index is 0.0661. The third-order valence-corrected chi connectivity index (χ3v) is 9.12. The van der Waals surface area contributed by atoms with Crippen LogP contribution in [0.15, 0.2) is 36.5 Å². The Morgan fingerprint density at radius 3 is 2.47 bits per heavy atom. The Morgan fingerprint density at radius 2 is 1.80 bits per heavy atom. The van der Waals surface area contributed by atoms with Crippen molar-refractivity contribution in [3.8, 4) is 5.75 Å². The lowest BCUT2D eigenvalue weighted by Crippen LogP contribution is -2.43. The van der Waals surface area contributed by atoms with Gasteiger partial charge in [0.2, 0.25) is 0 Å². The number of hydrogen-bond acceptors (Lipinski definition) is 7. The number of hydrogen-bond donors (Lipinski definition) is 2. The van der Waals surface area contributed by atoms with Crippen LogP contribution in [0.1, 0.15) is 49.4 Å². The molecule has 1 aromatic heterocycles. The van der Waals surface area contributed by atoms with Crippen molar-refractivity contribution in [3.63, 3.8) is 0 Å². The largest absolute Gasteiger partial charge is 0.497 e. The first-order valence-electron chi connectivity index (χ1n) is 15.4. The molecular formula is C33H40F4N4O4. The van der Waals surface area contributed by atoms with E-state index in [9.17, 15) is 23.1 Å². The molecule has 3 heterocycles. The maximum Gasteiger partial charge on any atom is 0.303 e. The summed E-state index contributed by atoms with van der Waals surface area (Å²) in [6, 6.07) is 6.68. The number of ether oxygens (including phenoxy) is 2. The smallest absolute Gasteiger partial charge is 0.303 e. The minimum Gasteiger partial charge on any atom is -0.497 e. The molecule has 8 nitrogen and oxygen atoms in total. The van der Waals surface area contributed by atoms with Crippen molar-refractivity contribution in [1.82, 2.24) is 14.8 Å². The molecule has 3 aromatic rings. The van der Waals surface area contributed by atoms with Crippen molar-refractivity contribution in [2.75, 3.05) is 64.9 Å². The van der Waals surface area contributed by atoms with Crippen molar-refractivity contribution in [2.24, 2.45) is 5.41 Å². The number of likely N-dealkylation sites (tertiary alicyclic amines) is 1. The van der Waals surface area contributed by atoms with Crippen LogP contribution in [0.5, 0.6) is 5.75 Å². The van der Waals surface area contributed by atoms with Gasteiger partial charge in [0.25, 0.3) is 0 Å². The van der Waals surface area contributed by atoms with Gasteiger partial charge in [0, 0.05) is 62.0 Å². The first-order chi connectivity index (χ1) is 21.7. The number of carbonyl (C=O) groups is 1. The molecule has 2 N–H and O–H groups in total. The van der Waals surface area contributed by atoms with E-state index in [0.29, 0.717) is 93.0 Å². The summed E-state index contributed by atoms with van der Waals surface area (Å²) in [4.78, 5) is 20.9. The molecular weight excluding hydrogens is 592 g/mol. The number of aliphatic carboxylic acids is 1. The maximum absolute atomic E-state index is 16.5. The van der Waals surface area contributed by atoms with Crippen molar-refractivity contribution in [2.45, 2.75) is 44.8 Å². The summed E-state index contributed by atoms with van der Waals surface area (Å²) in [5, 5.41) is 13.2. The van der Waals surface area contributed by atoms with Gasteiger partial charge in [-0.2, -0.15) is 0 Å². The zero-order valence-corrected chi connectivity index (χ0v) is 25.5. The number of fused-ring (bicyclic) bond motifs is 1. The zero-order chi connectivity index (χ0) is 32.0. The number of carboxylic acids is 1. The van der Waals surface area contributed by atoms with E-state index in [0.717, 1.165) is 18.7 Å². The highest BCUT2D eigenvalue weighted by Crippen LogP contribution is 2.43. The van der Waals surface area contributed by atoms with Crippen LogP contribution in [0, 0.1) is 22.9 Å². The number of halogens is 4. The van der Waals surface area contributed by atoms with Crippen molar-refractivity contribution in [3.05, 3.63) is 65.1 Å². The molecule has 2 aliphatic rings. The average Bonchev–Trinajstić information content (AvgIpc) is 3.02. The van der Waals surface area contributed by atoms with Gasteiger partial charge in [0.15, 0.2) is 11.6 Å². The van der Waals surface area contributed by atoms with Gasteiger partial charge in [0.05, 0.1) is 32.3 Å². The Morgan fingerprint density at radius 1 is 1.09 bits per heavy atom. The second-order valence-corrected chi connectivity index (χ2v) is 12.1. The number of carboxylic acid groups (broad SMARTS) is 1. The Bertz CT molecular complexity index is 1460. The van der Waals surface area contributed by atoms with Crippen LogP contribution in [0.4, 0.5) is 23.2 Å². The number of pyridine rings is 1. The molecule has 0 unspecified atom stereocenters. The molecule has 0 aliphatic carbocycles. The topological polar surface area (TPSA) is 87.2 Å². The molecule has 1 atom stereocenters. The lowest BCUT2D eigenvalue weighted by atomic mass is 9.71. The summed E-state index contributed by atoms with van der Waals surface area (Å²) in [7, 11) is 1.57. The fraction of sp³-hybridized carbons (Fsp3) is 0.515. The molecule has 0 amide bonds. The molecule has 244 valence electrons. The Kier molecular flexibility index (Phi) is 10.8. The van der Waals surface area contributed by atoms with E-state index in [1.165, 1.54) is 0 Å². The number of morpholine rings is 1. The van der Waals surface area contributed by atoms with Crippen molar-refractivity contribution in [1.29, 1.82) is 0 Å². The highest BCUT2D eigenvalue weighted by Gasteiger charge is 2.37. The minimum atomic E-state index is -1.34. The van der Waals surface area contributed by atoms with E-state index >= 15 is 4.39 Å². The summed E-state index contributed by atoms with van der Waals surface area (Å²) in [5.41, 5.74) is 1.08. The van der Waals surface area contributed by atoms with E-state index in [-0.39, 0.29) is 25.1 Å². The maximum atomic E-state index is 16.5. The first kappa shape index (κ1) is 32.9. The monoisotopic (exact) mass is 632 g/mol. The quantitative estimate of drug-likeness (QED) is 0.224. The summed E-state index contributed by atoms with van der Waals surface area (Å²) in [5.74, 6) is -3.30. The van der Waals surface area contributed by atoms with Gasteiger partial charge >= 0.3 is 5.97 Å². The van der Waals surface area contributed by atoms with Gasteiger partial charge in [-0.25, -0.2) is 17.6 Å². The number of benzene rings is 2. The molecule has 0 radical (unpaired) electrons. The van der Waals surface area contributed by atoms with Crippen molar-refractivity contribution < 1.29 is 36.9 Å². The van der Waals surface area contributed by atoms with E-state index in [2.05, 4.69) is 20.1 Å². The predicted octanol–water partition coefficient (Wildman–Crippen LogP) is 5.95. The van der Waals surface area contributed by atoms with Crippen LogP contribution in [-0.4, -0.2) is 85.5 Å². The van der Waals surface area contributed by atoms with E-state index in [1.54, 1.807) is 19.4 Å². The molecule has 2 fully saturated rings. The van der Waals surface area contributed by atoms with Crippen LogP contribution in [-0.2, 0) is 16.1 Å². The van der Waals surface area contributed by atoms with Gasteiger partial charge in [-0.1, -0.05) is 0 Å². The fourth-order valence-electron chi connectivity index (χ4n) is 6.57. The number of anilines is 1. The molecule has 2 saturated heterocycles. The lowest BCUT2D eigenvalue weighted by Gasteiger charge is -2.41. The van der Waals surface area contributed by atoms with Crippen LogP contribution in [0.2, 0.25) is 0 Å². The van der Waals surface area contributed by atoms with Crippen LogP contribution >= 0.6 is 0 Å². The lowest BCUT2D eigenvalue weighted by molar-refractivity contribution is -0.141. The van der Waals surface area contributed by atoms with E-state index < -0.39 is 35.0 Å². The molecule has 0 saturated carbocycles. The van der Waals surface area contributed by atoms with E-state index in [4.69, 9.17) is 9.47 Å². The molecule has 12 heteroatoms. The SMILES string of the molecule is COc1ccc2ncc(CN3CCOCC3)c([C@H](F)CCC3(CC(=O)O)CCN(CCNc4c(F)cc(F)cc4F)CC3)c2c1. The van der Waals surface area contributed by atoms with E-state index in [1.807, 2.05) is 12.1 Å². The van der Waals surface area contributed by atoms with Crippen molar-refractivity contribution >= 4 is 22.6 Å². The normalized spacial score (nSPS) is 18.2. The van der Waals surface area contributed by atoms with Crippen LogP contribution in [0.3, 0.4) is 0 Å². The molecule has 5 rings (SSSR count). The number of nitrogens with one attached hydrogen (secondary N) is 1. The van der Waals surface area contributed by atoms with Gasteiger partial charge in [-0.15, -0.1) is 0 Å². The number of alkyl halides is 1. The second-order valence-electron chi connectivity index (χ2n) is 12.1. The molecule has 45 heavy (non-hydrogen) atoms. The standard InChI is InChI=1S/C33H40F4N4O4/c1-44-24-2-3-29-25(18-24)31(22(20-39-29)21-41-12-14-45-15-13-41)26(35)4-5-33(19-30(42)43)6-9-40(10-7-33)11-8-38-32-27(36)16-23(34)17-28(32)37/h2-3,16-18,20,26,38H,4-15,19,21H2,1H3,(H,42,43)/t26-/m1/s1. The summed E-state index contributed by atoms with van der Waals surface area (Å²) in [6.45, 7) is 5.08. The zero-order valence-electron chi connectivity index (χ0n) is 25.5. The first-order valence-corrected chi connectivity index (χ1v) is 15.4. The van der Waals surface area contributed by atoms with Gasteiger partial charge < -0.3 is 24.8 Å². The molecule has 0 spiro atoms. The molecule has 0 bridgehead atoms. The summed E-state index contributed by atoms with van der Waals surface area (Å²) >= 11 is 0. The number of methoxy groups -OCH3 is 1. The Balaban J connectivity index is 1.27. The number of nitrogens with zero attached hydrogens (tertiary/aromatic N) is 3. The van der Waals surface area contributed by atoms with Gasteiger partial charge in [-0.3, -0.25) is 14.7 Å². The van der Waals surface area contributed by atoms with Gasteiger partial charge in [-0.05, 0) is 68.0 Å². The molecule has 2 aromatic carbocycles. The predicted molar refractivity (Wildman–Crippen MR) is 163 cm³/mol. The van der Waals surface area contributed by atoms with Gasteiger partial charge in [0.1, 0.15) is 23.4 Å². The second kappa shape index (κ2) is 14.7. The van der Waals surface area contributed by atoms with Crippen LogP contribution in [0.25, 0.3) is 10.9 Å². The summed E-state index contributed by atoms with van der Waals surface area (Å²) in [6.07, 6.45) is 1.99. The fourth-order valence-corrected chi connectivity index (χ4v) is 6.57. The number of piperidine rings is 1. The highest BCUT2D eigenvalue weighted by atomic mass is 19.1. The Hall–Kier alpha value is -3.48. The average molecular weight is 633 g/mol. The number of rotatable bonds is 13. The third kappa shape index (κ3) is 8.22.